The fourth-order valence-electron chi connectivity index (χ4n) is 8.33. The van der Waals surface area contributed by atoms with Gasteiger partial charge in [-0.15, -0.1) is 0 Å². The van der Waals surface area contributed by atoms with E-state index in [0.29, 0.717) is 48.3 Å². The molecule has 7 atom stereocenters. The standard InChI is InChI=1S/C43H53N5O10S/c1-24(2)57-30-12-10-27(11-13-30)35-20-28-19-31(56-5)14-17-34(28)39(44-35)58-32-21-36-38(49)46-43(41(51)47-59(54,55)33-15-16-33)22-29(43)9-7-6-8-25(3)18-26(4)37(45-42(52)53)40(50)48(36)23-32/h7,9-14,17,19-20,24-26,29,32-33,36-37,45H,6,8,15-16,18,21-23H2,1-5H3,(H,46,49)(H,47,51)(H,52,53)/b9-7-/t25-,26-,29-,32-,36+,37+,43-/m1/s1. The van der Waals surface area contributed by atoms with E-state index < -0.39 is 74.7 Å². The van der Waals surface area contributed by atoms with Crippen LogP contribution in [0.2, 0.25) is 0 Å². The van der Waals surface area contributed by atoms with Crippen molar-refractivity contribution in [2.75, 3.05) is 13.7 Å². The van der Waals surface area contributed by atoms with E-state index >= 15 is 0 Å². The number of fused-ring (bicyclic) bond motifs is 3. The van der Waals surface area contributed by atoms with Crippen molar-refractivity contribution in [2.24, 2.45) is 17.8 Å². The average molecular weight is 832 g/mol. The van der Waals surface area contributed by atoms with E-state index in [2.05, 4.69) is 15.4 Å². The molecular formula is C43H53N5O10S. The number of carbonyl (C=O) groups excluding carboxylic acids is 3. The van der Waals surface area contributed by atoms with E-state index in [4.69, 9.17) is 19.2 Å². The highest BCUT2D eigenvalue weighted by Crippen LogP contribution is 2.46. The molecule has 2 aromatic carbocycles. The maximum absolute atomic E-state index is 14.6. The number of allylic oxidation sites excluding steroid dienone is 1. The Labute approximate surface area is 344 Å². The maximum atomic E-state index is 14.6. The van der Waals surface area contributed by atoms with E-state index in [1.54, 1.807) is 13.2 Å². The zero-order valence-corrected chi connectivity index (χ0v) is 34.8. The highest BCUT2D eigenvalue weighted by molar-refractivity contribution is 7.91. The van der Waals surface area contributed by atoms with Crippen LogP contribution in [0.5, 0.6) is 17.4 Å². The molecule has 59 heavy (non-hydrogen) atoms. The Bertz CT molecular complexity index is 2240. The van der Waals surface area contributed by atoms with Gasteiger partial charge in [0.25, 0.3) is 5.91 Å². The zero-order valence-electron chi connectivity index (χ0n) is 34.0. The van der Waals surface area contributed by atoms with Crippen molar-refractivity contribution in [2.45, 2.75) is 108 Å². The van der Waals surface area contributed by atoms with Gasteiger partial charge in [-0.3, -0.25) is 19.1 Å². The van der Waals surface area contributed by atoms with Gasteiger partial charge >= 0.3 is 6.09 Å². The van der Waals surface area contributed by atoms with Crippen molar-refractivity contribution in [3.8, 4) is 28.6 Å². The van der Waals surface area contributed by atoms with E-state index in [1.165, 1.54) is 4.90 Å². The Morgan fingerprint density at radius 1 is 1.02 bits per heavy atom. The summed E-state index contributed by atoms with van der Waals surface area (Å²) in [5, 5.41) is 15.9. The monoisotopic (exact) mass is 831 g/mol. The Morgan fingerprint density at radius 2 is 1.75 bits per heavy atom. The molecule has 0 spiro atoms. The van der Waals surface area contributed by atoms with Crippen molar-refractivity contribution in [3.63, 3.8) is 0 Å². The minimum absolute atomic E-state index is 0.00244. The minimum Gasteiger partial charge on any atom is -0.497 e. The predicted octanol–water partition coefficient (Wildman–Crippen LogP) is 5.18. The van der Waals surface area contributed by atoms with Gasteiger partial charge in [0.15, 0.2) is 0 Å². The summed E-state index contributed by atoms with van der Waals surface area (Å²) >= 11 is 0. The van der Waals surface area contributed by atoms with Crippen LogP contribution in [0.1, 0.15) is 72.6 Å². The summed E-state index contributed by atoms with van der Waals surface area (Å²) in [5.41, 5.74) is -0.174. The number of nitrogens with zero attached hydrogens (tertiary/aromatic N) is 2. The number of ether oxygens (including phenoxy) is 3. The highest BCUT2D eigenvalue weighted by atomic mass is 32.2. The molecule has 1 aromatic heterocycles. The number of rotatable bonds is 10. The SMILES string of the molecule is COc1ccc2c(O[C@@H]3C[C@H]4C(=O)N[C@]5(C(=O)NS(=O)(=O)C6CC6)C[C@H]5/C=C\CC[C@@H](C)C[C@@H](C)[C@H](NC(=O)O)C(=O)N4C3)nc(-c3ccc(OC(C)C)cc3)cc2c1. The van der Waals surface area contributed by atoms with Crippen LogP contribution in [0.15, 0.2) is 60.7 Å². The molecule has 3 fully saturated rings. The van der Waals surface area contributed by atoms with Gasteiger partial charge in [-0.05, 0) is 118 Å². The molecule has 7 rings (SSSR count). The van der Waals surface area contributed by atoms with Crippen LogP contribution in [-0.4, -0.2) is 96.0 Å². The summed E-state index contributed by atoms with van der Waals surface area (Å²) in [4.78, 5) is 61.3. The topological polar surface area (TPSA) is 203 Å². The number of sulfonamides is 1. The number of carbonyl (C=O) groups is 4. The van der Waals surface area contributed by atoms with Crippen molar-refractivity contribution < 1.29 is 46.9 Å². The van der Waals surface area contributed by atoms with Crippen molar-refractivity contribution in [1.29, 1.82) is 0 Å². The molecule has 1 saturated heterocycles. The first-order valence-electron chi connectivity index (χ1n) is 20.3. The zero-order chi connectivity index (χ0) is 42.2. The Balaban J connectivity index is 1.24. The number of pyridine rings is 1. The van der Waals surface area contributed by atoms with Gasteiger partial charge in [-0.2, -0.15) is 0 Å². The first-order chi connectivity index (χ1) is 28.1. The second-order valence-electron chi connectivity index (χ2n) is 16.8. The van der Waals surface area contributed by atoms with Crippen molar-refractivity contribution >= 4 is 44.6 Å². The summed E-state index contributed by atoms with van der Waals surface area (Å²) in [7, 11) is -2.36. The first kappa shape index (κ1) is 41.8. The third-order valence-electron chi connectivity index (χ3n) is 11.7. The van der Waals surface area contributed by atoms with Gasteiger partial charge in [0, 0.05) is 23.3 Å². The van der Waals surface area contributed by atoms with Gasteiger partial charge in [-0.1, -0.05) is 26.0 Å². The lowest BCUT2D eigenvalue weighted by molar-refractivity contribution is -0.142. The molecule has 0 unspecified atom stereocenters. The number of hydrogen-bond acceptors (Lipinski definition) is 10. The number of aromatic nitrogens is 1. The summed E-state index contributed by atoms with van der Waals surface area (Å²) in [5.74, 6) is -1.32. The van der Waals surface area contributed by atoms with Crippen LogP contribution >= 0.6 is 0 Å². The molecule has 0 radical (unpaired) electrons. The molecule has 4 N–H and O–H groups in total. The van der Waals surface area contributed by atoms with Crippen LogP contribution in [0.25, 0.3) is 22.0 Å². The fourth-order valence-corrected chi connectivity index (χ4v) is 9.70. The van der Waals surface area contributed by atoms with E-state index in [-0.39, 0.29) is 37.3 Å². The summed E-state index contributed by atoms with van der Waals surface area (Å²) < 4.78 is 46.0. The van der Waals surface area contributed by atoms with Crippen LogP contribution in [-0.2, 0) is 24.4 Å². The third-order valence-corrected chi connectivity index (χ3v) is 13.5. The van der Waals surface area contributed by atoms with Gasteiger partial charge in [0.2, 0.25) is 27.7 Å². The van der Waals surface area contributed by atoms with Crippen LogP contribution in [0.4, 0.5) is 4.79 Å². The minimum atomic E-state index is -3.93. The second kappa shape index (κ2) is 16.7. The Kier molecular flexibility index (Phi) is 11.8. The summed E-state index contributed by atoms with van der Waals surface area (Å²) in [6, 6.07) is 12.5. The number of amides is 4. The smallest absolute Gasteiger partial charge is 0.405 e. The lowest BCUT2D eigenvalue weighted by Gasteiger charge is -2.32. The molecule has 4 aliphatic rings. The molecule has 2 saturated carbocycles. The molecule has 0 bridgehead atoms. The lowest BCUT2D eigenvalue weighted by atomic mass is 9.88. The largest absolute Gasteiger partial charge is 0.497 e. The molecule has 3 aromatic rings. The third kappa shape index (κ3) is 9.27. The summed E-state index contributed by atoms with van der Waals surface area (Å²) in [6.07, 6.45) is 4.56. The predicted molar refractivity (Wildman–Crippen MR) is 219 cm³/mol. The van der Waals surface area contributed by atoms with Gasteiger partial charge in [-0.25, -0.2) is 18.2 Å². The van der Waals surface area contributed by atoms with Crippen molar-refractivity contribution in [1.82, 2.24) is 25.2 Å². The maximum Gasteiger partial charge on any atom is 0.405 e. The van der Waals surface area contributed by atoms with Gasteiger partial charge in [0.1, 0.15) is 35.2 Å². The molecule has 15 nitrogen and oxygen atoms in total. The van der Waals surface area contributed by atoms with Gasteiger partial charge < -0.3 is 34.9 Å². The normalized spacial score (nSPS) is 28.0. The van der Waals surface area contributed by atoms with Gasteiger partial charge in [0.05, 0.1) is 30.7 Å². The fraction of sp³-hybridized carbons (Fsp3) is 0.512. The average Bonchev–Trinajstić information content (AvgIpc) is 4.11. The molecule has 316 valence electrons. The summed E-state index contributed by atoms with van der Waals surface area (Å²) in [6.45, 7) is 7.64. The number of methoxy groups -OCH3 is 1. The molecular weight excluding hydrogens is 779 g/mol. The number of hydrogen-bond donors (Lipinski definition) is 4. The number of carboxylic acid groups (broad SMARTS) is 1. The van der Waals surface area contributed by atoms with Crippen LogP contribution in [0, 0.1) is 17.8 Å². The Hall–Kier alpha value is -5.38. The molecule has 2 aliphatic carbocycles. The second-order valence-corrected chi connectivity index (χ2v) is 18.7. The highest BCUT2D eigenvalue weighted by Gasteiger charge is 2.62. The van der Waals surface area contributed by atoms with Crippen molar-refractivity contribution in [3.05, 3.63) is 60.7 Å². The van der Waals surface area contributed by atoms with Crippen LogP contribution < -0.4 is 29.6 Å². The Morgan fingerprint density at radius 3 is 2.42 bits per heavy atom. The first-order valence-corrected chi connectivity index (χ1v) is 21.9. The van der Waals surface area contributed by atoms with E-state index in [0.717, 1.165) is 17.4 Å². The molecule has 3 heterocycles. The van der Waals surface area contributed by atoms with E-state index in [9.17, 15) is 32.7 Å². The van der Waals surface area contributed by atoms with E-state index in [1.807, 2.05) is 82.3 Å². The number of nitrogens with one attached hydrogen (secondary N) is 3. The quantitative estimate of drug-likeness (QED) is 0.196. The lowest BCUT2D eigenvalue weighted by Crippen LogP contribution is -2.59. The molecule has 4 amide bonds. The molecule has 16 heteroatoms. The number of benzene rings is 2. The van der Waals surface area contributed by atoms with Crippen LogP contribution in [0.3, 0.4) is 0 Å². The molecule has 2 aliphatic heterocycles.